The fraction of sp³-hybridized carbons (Fsp3) is 0.423. The first kappa shape index (κ1) is 22.8. The number of methoxy groups -OCH3 is 2. The van der Waals surface area contributed by atoms with E-state index in [1.54, 1.807) is 19.1 Å². The monoisotopic (exact) mass is 451 g/mol. The van der Waals surface area contributed by atoms with Crippen LogP contribution >= 0.6 is 0 Å². The number of aryl methyl sites for hydroxylation is 2. The lowest BCUT2D eigenvalue weighted by Crippen LogP contribution is -2.38. The highest BCUT2D eigenvalue weighted by Crippen LogP contribution is 2.33. The van der Waals surface area contributed by atoms with Crippen molar-refractivity contribution < 1.29 is 28.6 Å². The average Bonchev–Trinajstić information content (AvgIpc) is 3.32. The summed E-state index contributed by atoms with van der Waals surface area (Å²) >= 11 is 0. The number of Topliss-reactive ketones (excluding diaryl/α,β-unsaturated/α-hetero) is 1. The van der Waals surface area contributed by atoms with Crippen molar-refractivity contribution in [3.8, 4) is 11.5 Å². The second kappa shape index (κ2) is 10.1. The van der Waals surface area contributed by atoms with Crippen LogP contribution in [0.2, 0.25) is 0 Å². The molecule has 0 bridgehead atoms. The van der Waals surface area contributed by atoms with Gasteiger partial charge in [-0.2, -0.15) is 0 Å². The molecule has 0 N–H and O–H groups in total. The summed E-state index contributed by atoms with van der Waals surface area (Å²) in [5.41, 5.74) is 5.27. The number of fused-ring (bicyclic) bond motifs is 2. The van der Waals surface area contributed by atoms with Crippen LogP contribution in [0.15, 0.2) is 30.3 Å². The Bertz CT molecular complexity index is 1080. The van der Waals surface area contributed by atoms with Crippen molar-refractivity contribution in [1.82, 2.24) is 4.90 Å². The molecule has 7 nitrogen and oxygen atoms in total. The number of ether oxygens (including phenoxy) is 3. The van der Waals surface area contributed by atoms with Crippen molar-refractivity contribution in [2.75, 3.05) is 27.4 Å². The van der Waals surface area contributed by atoms with Crippen LogP contribution in [0, 0.1) is 0 Å². The Kier molecular flexibility index (Phi) is 6.96. The van der Waals surface area contributed by atoms with E-state index in [1.165, 1.54) is 11.1 Å². The van der Waals surface area contributed by atoms with E-state index < -0.39 is 5.97 Å². The van der Waals surface area contributed by atoms with Gasteiger partial charge in [0.15, 0.2) is 23.9 Å². The Hall–Kier alpha value is -3.35. The molecule has 0 atom stereocenters. The standard InChI is InChI=1S/C26H29NO6/c1-31-23-13-19-10-11-27(15-21(19)14-24(23)32-2)25(29)16-33-26(30)9-8-22(28)20-7-6-17-4-3-5-18(17)12-20/h6-7,12-14H,3-5,8-11,15-16H2,1-2H3. The number of hydrogen-bond donors (Lipinski definition) is 0. The molecule has 0 aromatic heterocycles. The highest BCUT2D eigenvalue weighted by molar-refractivity contribution is 5.98. The van der Waals surface area contributed by atoms with Gasteiger partial charge < -0.3 is 19.1 Å². The van der Waals surface area contributed by atoms with E-state index in [4.69, 9.17) is 14.2 Å². The van der Waals surface area contributed by atoms with Crippen molar-refractivity contribution in [3.63, 3.8) is 0 Å². The van der Waals surface area contributed by atoms with Gasteiger partial charge in [-0.25, -0.2) is 0 Å². The summed E-state index contributed by atoms with van der Waals surface area (Å²) in [6.07, 6.45) is 3.91. The predicted molar refractivity (Wildman–Crippen MR) is 122 cm³/mol. The molecule has 1 heterocycles. The Morgan fingerprint density at radius 3 is 2.30 bits per heavy atom. The summed E-state index contributed by atoms with van der Waals surface area (Å²) in [4.78, 5) is 38.8. The lowest BCUT2D eigenvalue weighted by Gasteiger charge is -2.29. The van der Waals surface area contributed by atoms with Crippen LogP contribution < -0.4 is 9.47 Å². The van der Waals surface area contributed by atoms with Gasteiger partial charge in [-0.05, 0) is 66.1 Å². The quantitative estimate of drug-likeness (QED) is 0.453. The number of ketones is 1. The predicted octanol–water partition coefficient (Wildman–Crippen LogP) is 3.28. The molecule has 1 amide bonds. The van der Waals surface area contributed by atoms with Crippen LogP contribution in [0.5, 0.6) is 11.5 Å². The minimum Gasteiger partial charge on any atom is -0.493 e. The van der Waals surface area contributed by atoms with Gasteiger partial charge in [-0.15, -0.1) is 0 Å². The Morgan fingerprint density at radius 1 is 0.848 bits per heavy atom. The Labute approximate surface area is 193 Å². The molecular weight excluding hydrogens is 422 g/mol. The van der Waals surface area contributed by atoms with E-state index in [0.717, 1.165) is 30.4 Å². The van der Waals surface area contributed by atoms with Gasteiger partial charge in [-0.3, -0.25) is 14.4 Å². The number of rotatable bonds is 8. The van der Waals surface area contributed by atoms with E-state index >= 15 is 0 Å². The number of amides is 1. The zero-order valence-corrected chi connectivity index (χ0v) is 19.1. The van der Waals surface area contributed by atoms with Crippen molar-refractivity contribution in [1.29, 1.82) is 0 Å². The van der Waals surface area contributed by atoms with Gasteiger partial charge in [0, 0.05) is 25.1 Å². The molecular formula is C26H29NO6. The summed E-state index contributed by atoms with van der Waals surface area (Å²) in [5.74, 6) is 0.407. The number of carbonyl (C=O) groups is 3. The number of benzene rings is 2. The van der Waals surface area contributed by atoms with Crippen molar-refractivity contribution in [2.24, 2.45) is 0 Å². The molecule has 174 valence electrons. The molecule has 2 aromatic carbocycles. The average molecular weight is 452 g/mol. The first-order valence-corrected chi connectivity index (χ1v) is 11.3. The van der Waals surface area contributed by atoms with Crippen LogP contribution in [0.1, 0.15) is 51.9 Å². The van der Waals surface area contributed by atoms with Crippen LogP contribution in [-0.2, 0) is 40.1 Å². The molecule has 0 saturated heterocycles. The maximum Gasteiger partial charge on any atom is 0.306 e. The van der Waals surface area contributed by atoms with E-state index in [0.29, 0.717) is 36.6 Å². The molecule has 0 fully saturated rings. The molecule has 4 rings (SSSR count). The smallest absolute Gasteiger partial charge is 0.306 e. The third kappa shape index (κ3) is 5.18. The SMILES string of the molecule is COc1cc2c(cc1OC)CN(C(=O)COC(=O)CCC(=O)c1ccc3c(c1)CCC3)CC2. The number of esters is 1. The van der Waals surface area contributed by atoms with Gasteiger partial charge in [0.25, 0.3) is 5.91 Å². The molecule has 7 heteroatoms. The van der Waals surface area contributed by atoms with Crippen molar-refractivity contribution >= 4 is 17.7 Å². The van der Waals surface area contributed by atoms with Crippen LogP contribution in [0.4, 0.5) is 0 Å². The van der Waals surface area contributed by atoms with Crippen LogP contribution in [0.25, 0.3) is 0 Å². The highest BCUT2D eigenvalue weighted by Gasteiger charge is 2.24. The molecule has 0 radical (unpaired) electrons. The zero-order valence-electron chi connectivity index (χ0n) is 19.1. The summed E-state index contributed by atoms with van der Waals surface area (Å²) in [6.45, 7) is 0.632. The van der Waals surface area contributed by atoms with Crippen molar-refractivity contribution in [2.45, 2.75) is 45.1 Å². The summed E-state index contributed by atoms with van der Waals surface area (Å²) < 4.78 is 15.9. The van der Waals surface area contributed by atoms with E-state index in [-0.39, 0.29) is 31.1 Å². The Morgan fingerprint density at radius 2 is 1.55 bits per heavy atom. The fourth-order valence-electron chi connectivity index (χ4n) is 4.51. The molecule has 33 heavy (non-hydrogen) atoms. The van der Waals surface area contributed by atoms with Gasteiger partial charge in [0.2, 0.25) is 0 Å². The first-order chi connectivity index (χ1) is 16.0. The molecule has 2 aromatic rings. The maximum atomic E-state index is 12.6. The molecule has 0 spiro atoms. The minimum atomic E-state index is -0.540. The van der Waals surface area contributed by atoms with Gasteiger partial charge in [0.1, 0.15) is 0 Å². The van der Waals surface area contributed by atoms with E-state index in [9.17, 15) is 14.4 Å². The Balaban J connectivity index is 1.25. The molecule has 1 aliphatic carbocycles. The highest BCUT2D eigenvalue weighted by atomic mass is 16.5. The minimum absolute atomic E-state index is 0.0387. The first-order valence-electron chi connectivity index (χ1n) is 11.3. The van der Waals surface area contributed by atoms with E-state index in [1.807, 2.05) is 30.3 Å². The second-order valence-corrected chi connectivity index (χ2v) is 8.46. The zero-order chi connectivity index (χ0) is 23.4. The fourth-order valence-corrected chi connectivity index (χ4v) is 4.51. The van der Waals surface area contributed by atoms with Gasteiger partial charge in [-0.1, -0.05) is 12.1 Å². The third-order valence-electron chi connectivity index (χ3n) is 6.40. The number of carbonyl (C=O) groups excluding carboxylic acids is 3. The third-order valence-corrected chi connectivity index (χ3v) is 6.40. The molecule has 0 unspecified atom stereocenters. The number of hydrogen-bond acceptors (Lipinski definition) is 6. The van der Waals surface area contributed by atoms with Gasteiger partial charge in [0.05, 0.1) is 20.6 Å². The summed E-state index contributed by atoms with van der Waals surface area (Å²) in [6, 6.07) is 9.60. The van der Waals surface area contributed by atoms with E-state index in [2.05, 4.69) is 0 Å². The second-order valence-electron chi connectivity index (χ2n) is 8.46. The molecule has 2 aliphatic rings. The lowest BCUT2D eigenvalue weighted by atomic mass is 9.99. The van der Waals surface area contributed by atoms with Crippen LogP contribution in [0.3, 0.4) is 0 Å². The number of nitrogens with zero attached hydrogens (tertiary/aromatic N) is 1. The lowest BCUT2D eigenvalue weighted by molar-refractivity contribution is -0.152. The topological polar surface area (TPSA) is 82.1 Å². The maximum absolute atomic E-state index is 12.6. The van der Waals surface area contributed by atoms with Gasteiger partial charge >= 0.3 is 5.97 Å². The largest absolute Gasteiger partial charge is 0.493 e. The summed E-state index contributed by atoms with van der Waals surface area (Å²) in [5, 5.41) is 0. The van der Waals surface area contributed by atoms with Crippen molar-refractivity contribution in [3.05, 3.63) is 58.1 Å². The molecule has 1 aliphatic heterocycles. The molecule has 0 saturated carbocycles. The summed E-state index contributed by atoms with van der Waals surface area (Å²) in [7, 11) is 3.17. The normalized spacial score (nSPS) is 14.3. The van der Waals surface area contributed by atoms with Crippen LogP contribution in [-0.4, -0.2) is 49.9 Å².